The van der Waals surface area contributed by atoms with E-state index >= 15 is 0 Å². The fourth-order valence-corrected chi connectivity index (χ4v) is 3.50. The summed E-state index contributed by atoms with van der Waals surface area (Å²) in [4.78, 5) is 28.9. The molecule has 8 nitrogen and oxygen atoms in total. The number of nitrogens with one attached hydrogen (secondary N) is 3. The number of carbonyl (C=O) groups excluding carboxylic acids is 2. The minimum atomic E-state index is -0.366. The highest BCUT2D eigenvalue weighted by molar-refractivity contribution is 6.32. The molecule has 9 heteroatoms. The molecule has 0 radical (unpaired) electrons. The largest absolute Gasteiger partial charge is 0.495 e. The molecule has 2 aromatic carbocycles. The highest BCUT2D eigenvalue weighted by atomic mass is 35.5. The minimum Gasteiger partial charge on any atom is -0.495 e. The second kappa shape index (κ2) is 11.0. The fourth-order valence-electron chi connectivity index (χ4n) is 3.24. The molecular formula is C23H27ClN4O4. The number of amides is 2. The summed E-state index contributed by atoms with van der Waals surface area (Å²) in [5.74, 6) is 0.245. The molecule has 0 aromatic heterocycles. The van der Waals surface area contributed by atoms with E-state index in [-0.39, 0.29) is 23.9 Å². The Morgan fingerprint density at radius 2 is 2.03 bits per heavy atom. The third-order valence-electron chi connectivity index (χ3n) is 4.93. The van der Waals surface area contributed by atoms with Crippen molar-refractivity contribution in [3.8, 4) is 5.75 Å². The normalized spacial score (nSPS) is 15.9. The Labute approximate surface area is 192 Å². The number of nitrogens with zero attached hydrogens (tertiary/aromatic N) is 1. The number of hydrogen-bond acceptors (Lipinski definition) is 5. The quantitative estimate of drug-likeness (QED) is 0.448. The van der Waals surface area contributed by atoms with Crippen LogP contribution in [0.2, 0.25) is 5.02 Å². The van der Waals surface area contributed by atoms with Gasteiger partial charge in [0.2, 0.25) is 11.9 Å². The van der Waals surface area contributed by atoms with Crippen LogP contribution in [-0.4, -0.2) is 44.1 Å². The van der Waals surface area contributed by atoms with Crippen LogP contribution in [0.4, 0.5) is 11.4 Å². The summed E-state index contributed by atoms with van der Waals surface area (Å²) in [6, 6.07) is 10.3. The number of anilines is 2. The van der Waals surface area contributed by atoms with Gasteiger partial charge in [0.1, 0.15) is 5.75 Å². The number of ether oxygens (including phenoxy) is 2. The Kier molecular flexibility index (Phi) is 8.08. The van der Waals surface area contributed by atoms with Gasteiger partial charge in [-0.05, 0) is 55.7 Å². The maximum absolute atomic E-state index is 12.9. The average molecular weight is 459 g/mol. The van der Waals surface area contributed by atoms with Crippen molar-refractivity contribution in [1.29, 1.82) is 0 Å². The van der Waals surface area contributed by atoms with E-state index in [4.69, 9.17) is 21.1 Å². The monoisotopic (exact) mass is 458 g/mol. The second-order valence-corrected chi connectivity index (χ2v) is 7.87. The lowest BCUT2D eigenvalue weighted by Crippen LogP contribution is -2.36. The lowest BCUT2D eigenvalue weighted by atomic mass is 10.1. The van der Waals surface area contributed by atoms with Crippen LogP contribution in [-0.2, 0) is 9.53 Å². The van der Waals surface area contributed by atoms with Crippen LogP contribution in [0, 0.1) is 6.92 Å². The van der Waals surface area contributed by atoms with Gasteiger partial charge in [-0.15, -0.1) is 0 Å². The molecule has 1 saturated heterocycles. The number of methoxy groups -OCH3 is 1. The summed E-state index contributed by atoms with van der Waals surface area (Å²) in [5, 5.41) is 9.08. The lowest BCUT2D eigenvalue weighted by molar-refractivity contribution is -0.114. The molecule has 1 aliphatic heterocycles. The van der Waals surface area contributed by atoms with E-state index in [1.807, 2.05) is 6.92 Å². The highest BCUT2D eigenvalue weighted by Gasteiger charge is 2.17. The van der Waals surface area contributed by atoms with Crippen molar-refractivity contribution in [2.24, 2.45) is 4.99 Å². The van der Waals surface area contributed by atoms with E-state index in [9.17, 15) is 9.59 Å². The van der Waals surface area contributed by atoms with Crippen molar-refractivity contribution in [3.05, 3.63) is 52.5 Å². The standard InChI is InChI=1S/C23H27ClN4O4/c1-14-6-7-16(11-20(14)26-15(2)29)22(30)28-23(25-13-18-5-4-10-32-18)27-17-8-9-21(31-3)19(24)12-17/h6-9,11-12,18H,4-5,10,13H2,1-3H3,(H,26,29)(H2,25,27,28,30)/t18-/m1/s1. The van der Waals surface area contributed by atoms with E-state index < -0.39 is 0 Å². The molecule has 0 spiro atoms. The van der Waals surface area contributed by atoms with Crippen molar-refractivity contribution < 1.29 is 19.1 Å². The molecular weight excluding hydrogens is 432 g/mol. The molecule has 3 N–H and O–H groups in total. The van der Waals surface area contributed by atoms with Gasteiger partial charge in [-0.25, -0.2) is 4.99 Å². The summed E-state index contributed by atoms with van der Waals surface area (Å²) in [6.45, 7) is 4.42. The molecule has 1 heterocycles. The molecule has 0 aliphatic carbocycles. The van der Waals surface area contributed by atoms with Crippen LogP contribution in [0.5, 0.6) is 5.75 Å². The van der Waals surface area contributed by atoms with Crippen molar-refractivity contribution in [3.63, 3.8) is 0 Å². The Morgan fingerprint density at radius 3 is 2.69 bits per heavy atom. The molecule has 2 aromatic rings. The smallest absolute Gasteiger partial charge is 0.258 e. The first kappa shape index (κ1) is 23.6. The van der Waals surface area contributed by atoms with E-state index in [0.29, 0.717) is 34.3 Å². The number of benzene rings is 2. The van der Waals surface area contributed by atoms with Gasteiger partial charge in [0.15, 0.2) is 0 Å². The first-order chi connectivity index (χ1) is 15.4. The Hall–Kier alpha value is -3.10. The average Bonchev–Trinajstić information content (AvgIpc) is 3.27. The molecule has 3 rings (SSSR count). The zero-order valence-corrected chi connectivity index (χ0v) is 19.1. The van der Waals surface area contributed by atoms with Gasteiger partial charge in [-0.2, -0.15) is 0 Å². The highest BCUT2D eigenvalue weighted by Crippen LogP contribution is 2.27. The van der Waals surface area contributed by atoms with Gasteiger partial charge >= 0.3 is 0 Å². The molecule has 0 saturated carbocycles. The van der Waals surface area contributed by atoms with Crippen LogP contribution >= 0.6 is 11.6 Å². The summed E-state index contributed by atoms with van der Waals surface area (Å²) in [7, 11) is 1.54. The Bertz CT molecular complexity index is 1020. The Morgan fingerprint density at radius 1 is 1.22 bits per heavy atom. The van der Waals surface area contributed by atoms with E-state index in [1.165, 1.54) is 6.92 Å². The zero-order valence-electron chi connectivity index (χ0n) is 18.3. The molecule has 0 unspecified atom stereocenters. The topological polar surface area (TPSA) is 101 Å². The molecule has 1 fully saturated rings. The number of guanidine groups is 1. The summed E-state index contributed by atoms with van der Waals surface area (Å²) >= 11 is 6.22. The molecule has 32 heavy (non-hydrogen) atoms. The summed E-state index contributed by atoms with van der Waals surface area (Å²) in [6.07, 6.45) is 1.95. The maximum Gasteiger partial charge on any atom is 0.258 e. The zero-order chi connectivity index (χ0) is 23.1. The first-order valence-corrected chi connectivity index (χ1v) is 10.7. The van der Waals surface area contributed by atoms with Gasteiger partial charge in [-0.3, -0.25) is 14.9 Å². The van der Waals surface area contributed by atoms with E-state index in [2.05, 4.69) is 20.9 Å². The van der Waals surface area contributed by atoms with Crippen LogP contribution in [0.3, 0.4) is 0 Å². The van der Waals surface area contributed by atoms with Crippen LogP contribution in [0.1, 0.15) is 35.7 Å². The van der Waals surface area contributed by atoms with Crippen molar-refractivity contribution in [1.82, 2.24) is 5.32 Å². The van der Waals surface area contributed by atoms with Crippen molar-refractivity contribution >= 4 is 40.7 Å². The molecule has 0 bridgehead atoms. The third-order valence-corrected chi connectivity index (χ3v) is 5.23. The van der Waals surface area contributed by atoms with Crippen LogP contribution < -0.4 is 20.7 Å². The van der Waals surface area contributed by atoms with Gasteiger partial charge in [0.25, 0.3) is 5.91 Å². The van der Waals surface area contributed by atoms with E-state index in [0.717, 1.165) is 25.0 Å². The third kappa shape index (κ3) is 6.45. The molecule has 1 atom stereocenters. The molecule has 170 valence electrons. The van der Waals surface area contributed by atoms with Gasteiger partial charge in [0, 0.05) is 30.5 Å². The number of aryl methyl sites for hydroxylation is 1. The predicted octanol–water partition coefficient (Wildman–Crippen LogP) is 3.99. The fraction of sp³-hybridized carbons (Fsp3) is 0.348. The minimum absolute atomic E-state index is 0.0221. The molecule has 2 amide bonds. The van der Waals surface area contributed by atoms with Gasteiger partial charge in [0.05, 0.1) is 24.8 Å². The number of carbonyl (C=O) groups is 2. The van der Waals surface area contributed by atoms with Crippen LogP contribution in [0.15, 0.2) is 41.4 Å². The maximum atomic E-state index is 12.9. The van der Waals surface area contributed by atoms with Crippen LogP contribution in [0.25, 0.3) is 0 Å². The SMILES string of the molecule is COc1ccc(NC(=NC[C@H]2CCCO2)NC(=O)c2ccc(C)c(NC(C)=O)c2)cc1Cl. The first-order valence-electron chi connectivity index (χ1n) is 10.3. The molecule has 1 aliphatic rings. The summed E-state index contributed by atoms with van der Waals surface area (Å²) in [5.41, 5.74) is 2.47. The Balaban J connectivity index is 1.80. The van der Waals surface area contributed by atoms with Gasteiger partial charge < -0.3 is 20.1 Å². The number of aliphatic imine (C=N–C) groups is 1. The van der Waals surface area contributed by atoms with Gasteiger partial charge in [-0.1, -0.05) is 17.7 Å². The number of rotatable bonds is 6. The number of halogens is 1. The van der Waals surface area contributed by atoms with E-state index in [1.54, 1.807) is 43.5 Å². The number of hydrogen-bond donors (Lipinski definition) is 3. The predicted molar refractivity (Wildman–Crippen MR) is 126 cm³/mol. The van der Waals surface area contributed by atoms with Crippen molar-refractivity contribution in [2.75, 3.05) is 30.9 Å². The lowest BCUT2D eigenvalue weighted by Gasteiger charge is -2.15. The summed E-state index contributed by atoms with van der Waals surface area (Å²) < 4.78 is 10.8. The van der Waals surface area contributed by atoms with Crippen molar-refractivity contribution in [2.45, 2.75) is 32.8 Å². The second-order valence-electron chi connectivity index (χ2n) is 7.46.